The lowest BCUT2D eigenvalue weighted by molar-refractivity contribution is -0.274. The molecule has 1 unspecified atom stereocenters. The lowest BCUT2D eigenvalue weighted by Crippen LogP contribution is -2.43. The molecule has 0 radical (unpaired) electrons. The van der Waals surface area contributed by atoms with Gasteiger partial charge in [-0.15, -0.1) is 13.2 Å². The monoisotopic (exact) mass is 613 g/mol. The minimum atomic E-state index is -5.02. The van der Waals surface area contributed by atoms with E-state index >= 15 is 0 Å². The van der Waals surface area contributed by atoms with Gasteiger partial charge in [0.2, 0.25) is 0 Å². The van der Waals surface area contributed by atoms with Gasteiger partial charge in [-0.3, -0.25) is 9.10 Å². The Hall–Kier alpha value is -3.77. The van der Waals surface area contributed by atoms with Crippen LogP contribution in [-0.4, -0.2) is 40.5 Å². The number of carbonyl (C=O) groups is 1. The predicted molar refractivity (Wildman–Crippen MR) is 145 cm³/mol. The zero-order valence-corrected chi connectivity index (χ0v) is 23.3. The second kappa shape index (κ2) is 12.0. The number of methoxy groups -OCH3 is 1. The number of fused-ring (bicyclic) bond motifs is 1. The Morgan fingerprint density at radius 3 is 2.56 bits per heavy atom. The lowest BCUT2D eigenvalue weighted by atomic mass is 10.0. The van der Waals surface area contributed by atoms with Crippen LogP contribution < -0.4 is 13.8 Å². The van der Waals surface area contributed by atoms with E-state index in [-0.39, 0.29) is 41.4 Å². The van der Waals surface area contributed by atoms with Gasteiger partial charge >= 0.3 is 12.3 Å². The second-order valence-corrected chi connectivity index (χ2v) is 11.3. The first-order valence-corrected chi connectivity index (χ1v) is 14.0. The van der Waals surface area contributed by atoms with Crippen molar-refractivity contribution in [2.45, 2.75) is 37.1 Å². The predicted octanol–water partition coefficient (Wildman–Crippen LogP) is 6.85. The number of benzene rings is 3. The molecule has 1 heterocycles. The van der Waals surface area contributed by atoms with Gasteiger partial charge in [-0.2, -0.15) is 0 Å². The lowest BCUT2D eigenvalue weighted by Gasteiger charge is -2.35. The maximum atomic E-state index is 14.5. The zero-order chi connectivity index (χ0) is 29.9. The van der Waals surface area contributed by atoms with Gasteiger partial charge in [0.15, 0.2) is 0 Å². The largest absolute Gasteiger partial charge is 0.573 e. The van der Waals surface area contributed by atoms with Crippen LogP contribution in [0.4, 0.5) is 23.2 Å². The number of halogens is 5. The molecule has 0 amide bonds. The number of ether oxygens (including phenoxy) is 3. The minimum Gasteiger partial charge on any atom is -0.486 e. The second-order valence-electron chi connectivity index (χ2n) is 9.06. The molecule has 41 heavy (non-hydrogen) atoms. The molecular formula is C28H24ClF4NO6S. The van der Waals surface area contributed by atoms with Crippen molar-refractivity contribution >= 4 is 44.9 Å². The van der Waals surface area contributed by atoms with Crippen molar-refractivity contribution in [2.24, 2.45) is 0 Å². The van der Waals surface area contributed by atoms with Crippen LogP contribution >= 0.6 is 11.6 Å². The third-order valence-corrected chi connectivity index (χ3v) is 8.27. The molecule has 1 atom stereocenters. The normalized spacial score (nSPS) is 15.6. The summed E-state index contributed by atoms with van der Waals surface area (Å²) in [5, 5.41) is 0.193. The van der Waals surface area contributed by atoms with Crippen molar-refractivity contribution in [3.05, 3.63) is 82.6 Å². The van der Waals surface area contributed by atoms with Gasteiger partial charge in [0.05, 0.1) is 29.3 Å². The van der Waals surface area contributed by atoms with E-state index in [0.717, 1.165) is 28.6 Å². The van der Waals surface area contributed by atoms with Crippen molar-refractivity contribution in [1.29, 1.82) is 0 Å². The van der Waals surface area contributed by atoms with Gasteiger partial charge in [-0.25, -0.2) is 12.8 Å². The zero-order valence-electron chi connectivity index (χ0n) is 21.7. The highest BCUT2D eigenvalue weighted by atomic mass is 35.5. The number of carbonyl (C=O) groups excluding carboxylic acids is 1. The fraction of sp³-hybridized carbons (Fsp3) is 0.250. The summed E-state index contributed by atoms with van der Waals surface area (Å²) in [6.45, 7) is 1.39. The van der Waals surface area contributed by atoms with Crippen LogP contribution in [-0.2, 0) is 19.6 Å². The van der Waals surface area contributed by atoms with Crippen LogP contribution in [0.2, 0.25) is 5.02 Å². The summed E-state index contributed by atoms with van der Waals surface area (Å²) in [5.74, 6) is -1.60. The minimum absolute atomic E-state index is 0.0529. The van der Waals surface area contributed by atoms with Gasteiger partial charge in [0, 0.05) is 18.1 Å². The number of allylic oxidation sites excluding steroid dienone is 1. The summed E-state index contributed by atoms with van der Waals surface area (Å²) in [4.78, 5) is 11.3. The third-order valence-electron chi connectivity index (χ3n) is 6.18. The molecule has 3 aromatic rings. The van der Waals surface area contributed by atoms with Gasteiger partial charge in [0.1, 0.15) is 23.4 Å². The van der Waals surface area contributed by atoms with Crippen LogP contribution in [0.3, 0.4) is 0 Å². The van der Waals surface area contributed by atoms with E-state index in [0.29, 0.717) is 11.1 Å². The van der Waals surface area contributed by atoms with Crippen molar-refractivity contribution in [1.82, 2.24) is 0 Å². The first-order chi connectivity index (χ1) is 19.3. The van der Waals surface area contributed by atoms with E-state index < -0.39 is 44.9 Å². The Morgan fingerprint density at radius 1 is 1.15 bits per heavy atom. The summed E-state index contributed by atoms with van der Waals surface area (Å²) in [6.07, 6.45) is -4.12. The first kappa shape index (κ1) is 30.2. The maximum Gasteiger partial charge on any atom is 0.573 e. The van der Waals surface area contributed by atoms with E-state index in [4.69, 9.17) is 16.3 Å². The molecule has 0 N–H and O–H groups in total. The van der Waals surface area contributed by atoms with Gasteiger partial charge in [-0.1, -0.05) is 35.9 Å². The number of sulfonamides is 1. The van der Waals surface area contributed by atoms with E-state index in [1.54, 1.807) is 19.1 Å². The molecule has 0 spiro atoms. The number of hydrogen-bond acceptors (Lipinski definition) is 6. The molecule has 7 nitrogen and oxygen atoms in total. The Labute approximate surface area is 238 Å². The molecule has 0 fully saturated rings. The van der Waals surface area contributed by atoms with Gasteiger partial charge in [0.25, 0.3) is 10.0 Å². The molecule has 13 heteroatoms. The fourth-order valence-electron chi connectivity index (χ4n) is 4.33. The highest BCUT2D eigenvalue weighted by molar-refractivity contribution is 7.92. The Morgan fingerprint density at radius 2 is 1.88 bits per heavy atom. The number of rotatable bonds is 8. The highest BCUT2D eigenvalue weighted by Gasteiger charge is 2.36. The summed E-state index contributed by atoms with van der Waals surface area (Å²) < 4.78 is 96.0. The van der Waals surface area contributed by atoms with Crippen LogP contribution in [0, 0.1) is 5.82 Å². The summed E-state index contributed by atoms with van der Waals surface area (Å²) in [5.41, 5.74) is 1.22. The van der Waals surface area contributed by atoms with Crippen LogP contribution in [0.5, 0.6) is 11.5 Å². The Balaban J connectivity index is 1.77. The first-order valence-electron chi connectivity index (χ1n) is 12.2. The number of esters is 1. The molecular weight excluding hydrogens is 590 g/mol. The highest BCUT2D eigenvalue weighted by Crippen LogP contribution is 2.40. The van der Waals surface area contributed by atoms with E-state index in [1.807, 2.05) is 0 Å². The molecule has 4 rings (SSSR count). The van der Waals surface area contributed by atoms with Gasteiger partial charge < -0.3 is 14.2 Å². The fourth-order valence-corrected chi connectivity index (χ4v) is 6.18. The molecule has 1 aliphatic rings. The topological polar surface area (TPSA) is 82.1 Å². The quantitative estimate of drug-likeness (QED) is 0.157. The van der Waals surface area contributed by atoms with Crippen LogP contribution in [0.1, 0.15) is 30.9 Å². The van der Waals surface area contributed by atoms with Crippen molar-refractivity contribution < 1.29 is 45.0 Å². The molecule has 218 valence electrons. The number of hydrogen-bond donors (Lipinski definition) is 0. The van der Waals surface area contributed by atoms with Crippen LogP contribution in [0.25, 0.3) is 11.6 Å². The molecule has 0 saturated heterocycles. The van der Waals surface area contributed by atoms with E-state index in [9.17, 15) is 30.8 Å². The average Bonchev–Trinajstić information content (AvgIpc) is 2.90. The molecule has 0 aliphatic carbocycles. The van der Waals surface area contributed by atoms with Crippen molar-refractivity contribution in [3.8, 4) is 11.5 Å². The molecule has 0 bridgehead atoms. The SMILES string of the molecule is COC(=O)CCC1CN(S(=O)(=O)c2cccc(OC(F)(F)F)c2)c2cc(/C=C(\C)c3c(F)cccc3Cl)ccc2O1. The van der Waals surface area contributed by atoms with E-state index in [2.05, 4.69) is 9.47 Å². The standard InChI is InChI=1S/C28H24ClF4NO6S/c1-17(27-22(29)7-4-8-23(27)30)13-18-9-11-25-24(14-18)34(16-20(39-25)10-12-26(35)38-2)41(36,37)21-6-3-5-19(15-21)40-28(31,32)33/h3-9,11,13-15,20H,10,12,16H2,1-2H3/b17-13+. The van der Waals surface area contributed by atoms with Gasteiger partial charge in [-0.05, 0) is 60.9 Å². The third kappa shape index (κ3) is 7.12. The van der Waals surface area contributed by atoms with Crippen molar-refractivity contribution in [3.63, 3.8) is 0 Å². The maximum absolute atomic E-state index is 14.5. The number of anilines is 1. The smallest absolute Gasteiger partial charge is 0.486 e. The van der Waals surface area contributed by atoms with E-state index in [1.165, 1.54) is 37.4 Å². The summed E-state index contributed by atoms with van der Waals surface area (Å²) >= 11 is 6.19. The average molecular weight is 614 g/mol. The number of nitrogens with zero attached hydrogens (tertiary/aromatic N) is 1. The van der Waals surface area contributed by atoms with Crippen molar-refractivity contribution in [2.75, 3.05) is 18.0 Å². The number of alkyl halides is 3. The molecule has 0 aromatic heterocycles. The molecule has 3 aromatic carbocycles. The Kier molecular flexibility index (Phi) is 8.83. The molecule has 1 aliphatic heterocycles. The Bertz CT molecular complexity index is 1570. The summed E-state index contributed by atoms with van der Waals surface area (Å²) in [6, 6.07) is 13.0. The summed E-state index contributed by atoms with van der Waals surface area (Å²) in [7, 11) is -3.23. The molecule has 0 saturated carbocycles. The van der Waals surface area contributed by atoms with Crippen LogP contribution in [0.15, 0.2) is 65.6 Å².